The third kappa shape index (κ3) is 2.73. The Morgan fingerprint density at radius 2 is 2.00 bits per heavy atom. The maximum atomic E-state index is 12.5. The zero-order valence-corrected chi connectivity index (χ0v) is 13.0. The number of ether oxygens (including phenoxy) is 2. The zero-order valence-electron chi connectivity index (χ0n) is 13.0. The van der Waals surface area contributed by atoms with Crippen molar-refractivity contribution in [3.05, 3.63) is 23.8 Å². The quantitative estimate of drug-likeness (QED) is 0.887. The molecule has 2 fully saturated rings. The summed E-state index contributed by atoms with van der Waals surface area (Å²) in [7, 11) is 0. The number of carbonyl (C=O) groups excluding carboxylic acids is 2. The van der Waals surface area contributed by atoms with Crippen molar-refractivity contribution in [3.63, 3.8) is 0 Å². The SMILES string of the molecule is O=C1CC2(CCN(C(=O)Cc3ccc4c(c3)OCO4)CC2)CN1. The van der Waals surface area contributed by atoms with Gasteiger partial charge < -0.3 is 19.7 Å². The van der Waals surface area contributed by atoms with E-state index in [1.807, 2.05) is 23.1 Å². The van der Waals surface area contributed by atoms with E-state index >= 15 is 0 Å². The number of piperidine rings is 1. The van der Waals surface area contributed by atoms with E-state index in [1.54, 1.807) is 0 Å². The smallest absolute Gasteiger partial charge is 0.231 e. The molecule has 1 aromatic carbocycles. The Morgan fingerprint density at radius 1 is 1.22 bits per heavy atom. The lowest BCUT2D eigenvalue weighted by atomic mass is 9.77. The summed E-state index contributed by atoms with van der Waals surface area (Å²) in [6, 6.07) is 5.65. The summed E-state index contributed by atoms with van der Waals surface area (Å²) < 4.78 is 10.6. The molecule has 2 amide bonds. The van der Waals surface area contributed by atoms with Gasteiger partial charge in [-0.2, -0.15) is 0 Å². The number of nitrogens with one attached hydrogen (secondary N) is 1. The second kappa shape index (κ2) is 5.44. The summed E-state index contributed by atoms with van der Waals surface area (Å²) in [5.41, 5.74) is 1.02. The molecule has 0 aromatic heterocycles. The van der Waals surface area contributed by atoms with Crippen molar-refractivity contribution in [1.82, 2.24) is 10.2 Å². The van der Waals surface area contributed by atoms with E-state index in [1.165, 1.54) is 0 Å². The predicted molar refractivity (Wildman–Crippen MR) is 82.1 cm³/mol. The molecule has 1 spiro atoms. The van der Waals surface area contributed by atoms with Crippen LogP contribution in [-0.2, 0) is 16.0 Å². The van der Waals surface area contributed by atoms with Crippen LogP contribution in [0.25, 0.3) is 0 Å². The van der Waals surface area contributed by atoms with Crippen LogP contribution in [-0.4, -0.2) is 43.1 Å². The molecule has 23 heavy (non-hydrogen) atoms. The Morgan fingerprint density at radius 3 is 2.74 bits per heavy atom. The summed E-state index contributed by atoms with van der Waals surface area (Å²) in [6.07, 6.45) is 2.79. The summed E-state index contributed by atoms with van der Waals surface area (Å²) in [5, 5.41) is 2.92. The number of likely N-dealkylation sites (tertiary alicyclic amines) is 1. The molecule has 6 heteroatoms. The number of amides is 2. The van der Waals surface area contributed by atoms with Gasteiger partial charge in [0, 0.05) is 26.1 Å². The Labute approximate surface area is 134 Å². The number of nitrogens with zero attached hydrogens (tertiary/aromatic N) is 1. The van der Waals surface area contributed by atoms with E-state index in [4.69, 9.17) is 9.47 Å². The van der Waals surface area contributed by atoms with Gasteiger partial charge >= 0.3 is 0 Å². The molecule has 2 saturated heterocycles. The maximum Gasteiger partial charge on any atom is 0.231 e. The number of fused-ring (bicyclic) bond motifs is 1. The number of rotatable bonds is 2. The molecule has 0 saturated carbocycles. The van der Waals surface area contributed by atoms with Crippen LogP contribution in [0.15, 0.2) is 18.2 Å². The molecule has 0 radical (unpaired) electrons. The molecule has 4 rings (SSSR count). The Bertz CT molecular complexity index is 650. The third-order valence-corrected chi connectivity index (χ3v) is 5.17. The minimum atomic E-state index is 0.0760. The van der Waals surface area contributed by atoms with Crippen molar-refractivity contribution in [2.24, 2.45) is 5.41 Å². The molecular weight excluding hydrogens is 296 g/mol. The van der Waals surface area contributed by atoms with Crippen molar-refractivity contribution < 1.29 is 19.1 Å². The highest BCUT2D eigenvalue weighted by atomic mass is 16.7. The summed E-state index contributed by atoms with van der Waals surface area (Å²) in [5.74, 6) is 1.73. The minimum absolute atomic E-state index is 0.0760. The van der Waals surface area contributed by atoms with Crippen LogP contribution in [0.3, 0.4) is 0 Å². The molecule has 3 aliphatic heterocycles. The molecule has 3 aliphatic rings. The molecule has 3 heterocycles. The zero-order chi connectivity index (χ0) is 15.9. The standard InChI is InChI=1S/C17H20N2O4/c20-15-9-17(10-18-15)3-5-19(6-4-17)16(21)8-12-1-2-13-14(7-12)23-11-22-13/h1-2,7H,3-6,8-11H2,(H,18,20). The van der Waals surface area contributed by atoms with Crippen LogP contribution in [0, 0.1) is 5.41 Å². The lowest BCUT2D eigenvalue weighted by Crippen LogP contribution is -2.44. The Hall–Kier alpha value is -2.24. The van der Waals surface area contributed by atoms with Crippen molar-refractivity contribution in [3.8, 4) is 11.5 Å². The average molecular weight is 316 g/mol. The second-order valence-electron chi connectivity index (χ2n) is 6.70. The highest BCUT2D eigenvalue weighted by molar-refractivity contribution is 5.80. The highest BCUT2D eigenvalue weighted by Gasteiger charge is 2.41. The number of hydrogen-bond donors (Lipinski definition) is 1. The topological polar surface area (TPSA) is 67.9 Å². The van der Waals surface area contributed by atoms with Gasteiger partial charge in [-0.25, -0.2) is 0 Å². The number of benzene rings is 1. The Kier molecular flexibility index (Phi) is 3.39. The molecule has 122 valence electrons. The summed E-state index contributed by atoms with van der Waals surface area (Å²) in [6.45, 7) is 2.47. The first-order chi connectivity index (χ1) is 11.1. The van der Waals surface area contributed by atoms with Crippen LogP contribution < -0.4 is 14.8 Å². The third-order valence-electron chi connectivity index (χ3n) is 5.17. The van der Waals surface area contributed by atoms with Crippen molar-refractivity contribution in [1.29, 1.82) is 0 Å². The largest absolute Gasteiger partial charge is 0.454 e. The summed E-state index contributed by atoms with van der Waals surface area (Å²) >= 11 is 0. The average Bonchev–Trinajstić information content (AvgIpc) is 3.14. The molecule has 1 N–H and O–H groups in total. The fourth-order valence-electron chi connectivity index (χ4n) is 3.67. The molecule has 6 nitrogen and oxygen atoms in total. The van der Waals surface area contributed by atoms with Crippen molar-refractivity contribution in [2.75, 3.05) is 26.4 Å². The van der Waals surface area contributed by atoms with Crippen molar-refractivity contribution >= 4 is 11.8 Å². The van der Waals surface area contributed by atoms with Crippen molar-refractivity contribution in [2.45, 2.75) is 25.7 Å². The van der Waals surface area contributed by atoms with Gasteiger partial charge in [-0.05, 0) is 36.0 Å². The lowest BCUT2D eigenvalue weighted by molar-refractivity contribution is -0.132. The highest BCUT2D eigenvalue weighted by Crippen LogP contribution is 2.38. The first-order valence-electron chi connectivity index (χ1n) is 8.07. The van der Waals surface area contributed by atoms with E-state index in [2.05, 4.69) is 5.32 Å². The molecule has 1 aromatic rings. The van der Waals surface area contributed by atoms with E-state index in [-0.39, 0.29) is 24.0 Å². The number of carbonyl (C=O) groups is 2. The van der Waals surface area contributed by atoms with E-state index < -0.39 is 0 Å². The molecule has 0 aliphatic carbocycles. The fourth-order valence-corrected chi connectivity index (χ4v) is 3.67. The van der Waals surface area contributed by atoms with Gasteiger partial charge in [0.15, 0.2) is 11.5 Å². The van der Waals surface area contributed by atoms with E-state index in [0.717, 1.165) is 43.8 Å². The van der Waals surface area contributed by atoms with E-state index in [9.17, 15) is 9.59 Å². The van der Waals surface area contributed by atoms with Gasteiger partial charge in [0.25, 0.3) is 0 Å². The van der Waals surface area contributed by atoms with Gasteiger partial charge in [0.2, 0.25) is 18.6 Å². The van der Waals surface area contributed by atoms with Gasteiger partial charge in [0.1, 0.15) is 0 Å². The molecule has 0 unspecified atom stereocenters. The van der Waals surface area contributed by atoms with Gasteiger partial charge in [-0.15, -0.1) is 0 Å². The first-order valence-corrected chi connectivity index (χ1v) is 8.07. The number of hydrogen-bond acceptors (Lipinski definition) is 4. The maximum absolute atomic E-state index is 12.5. The summed E-state index contributed by atoms with van der Waals surface area (Å²) in [4.78, 5) is 25.9. The minimum Gasteiger partial charge on any atom is -0.454 e. The van der Waals surface area contributed by atoms with Gasteiger partial charge in [0.05, 0.1) is 6.42 Å². The molecular formula is C17H20N2O4. The van der Waals surface area contributed by atoms with Crippen LogP contribution in [0.5, 0.6) is 11.5 Å². The Balaban J connectivity index is 1.36. The normalized spacial score (nSPS) is 21.6. The predicted octanol–water partition coefficient (Wildman–Crippen LogP) is 1.09. The van der Waals surface area contributed by atoms with Crippen LogP contribution in [0.2, 0.25) is 0 Å². The van der Waals surface area contributed by atoms with Crippen LogP contribution in [0.1, 0.15) is 24.8 Å². The molecule has 0 bridgehead atoms. The molecule has 0 atom stereocenters. The first kappa shape index (κ1) is 14.4. The monoisotopic (exact) mass is 316 g/mol. The second-order valence-corrected chi connectivity index (χ2v) is 6.70. The van der Waals surface area contributed by atoms with Gasteiger partial charge in [-0.1, -0.05) is 6.07 Å². The van der Waals surface area contributed by atoms with E-state index in [0.29, 0.717) is 18.6 Å². The fraction of sp³-hybridized carbons (Fsp3) is 0.529. The van der Waals surface area contributed by atoms with Crippen LogP contribution in [0.4, 0.5) is 0 Å². The van der Waals surface area contributed by atoms with Gasteiger partial charge in [-0.3, -0.25) is 9.59 Å². The lowest BCUT2D eigenvalue weighted by Gasteiger charge is -2.38. The van der Waals surface area contributed by atoms with Crippen LogP contribution >= 0.6 is 0 Å².